The van der Waals surface area contributed by atoms with E-state index in [4.69, 9.17) is 15.2 Å². The summed E-state index contributed by atoms with van der Waals surface area (Å²) in [4.78, 5) is 18.3. The third-order valence-electron chi connectivity index (χ3n) is 3.43. The first-order valence-electron chi connectivity index (χ1n) is 6.68. The number of hydrogen-bond acceptors (Lipinski definition) is 5. The average Bonchev–Trinajstić information content (AvgIpc) is 2.95. The van der Waals surface area contributed by atoms with Crippen LogP contribution in [0.2, 0.25) is 0 Å². The number of rotatable bonds is 3. The molecule has 0 spiro atoms. The lowest BCUT2D eigenvalue weighted by Gasteiger charge is -2.15. The number of nitrogens with two attached hydrogens (primary N) is 1. The number of carbonyl (C=O) groups is 1. The van der Waals surface area contributed by atoms with Gasteiger partial charge in [0.15, 0.2) is 0 Å². The number of ether oxygens (including phenoxy) is 2. The maximum atomic E-state index is 12.5. The minimum Gasteiger partial charge on any atom is -0.377 e. The Morgan fingerprint density at radius 1 is 1.38 bits per heavy atom. The van der Waals surface area contributed by atoms with E-state index in [2.05, 4.69) is 16.8 Å². The van der Waals surface area contributed by atoms with Gasteiger partial charge in [-0.25, -0.2) is 0 Å². The molecule has 112 valence electrons. The van der Waals surface area contributed by atoms with Crippen LogP contribution in [-0.2, 0) is 9.47 Å². The maximum absolute atomic E-state index is 12.5. The Kier molecular flexibility index (Phi) is 5.28. The number of methoxy groups -OCH3 is 2. The standard InChI is InChI=1S/C15H19N3O3/c1-20-13-9-18(10-14(13)21-2)15(19)12-6-11(4-3-5-16)7-17-8-12/h6-8,13-14H,5,9-10,16H2,1-2H3. The largest absolute Gasteiger partial charge is 0.377 e. The Balaban J connectivity index is 2.13. The van der Waals surface area contributed by atoms with E-state index in [1.54, 1.807) is 31.4 Å². The van der Waals surface area contributed by atoms with E-state index in [1.165, 1.54) is 6.20 Å². The third-order valence-corrected chi connectivity index (χ3v) is 3.43. The van der Waals surface area contributed by atoms with Gasteiger partial charge < -0.3 is 20.1 Å². The van der Waals surface area contributed by atoms with Crippen molar-refractivity contribution in [2.24, 2.45) is 5.73 Å². The van der Waals surface area contributed by atoms with Crippen molar-refractivity contribution in [2.75, 3.05) is 33.9 Å². The Bertz CT molecular complexity index is 553. The van der Waals surface area contributed by atoms with Gasteiger partial charge in [-0.3, -0.25) is 9.78 Å². The highest BCUT2D eigenvalue weighted by atomic mass is 16.5. The molecule has 6 heteroatoms. The number of pyridine rings is 1. The van der Waals surface area contributed by atoms with Crippen molar-refractivity contribution in [3.63, 3.8) is 0 Å². The molecular weight excluding hydrogens is 270 g/mol. The second-order valence-corrected chi connectivity index (χ2v) is 4.73. The second-order valence-electron chi connectivity index (χ2n) is 4.73. The van der Waals surface area contributed by atoms with Crippen molar-refractivity contribution in [3.05, 3.63) is 29.6 Å². The van der Waals surface area contributed by atoms with Crippen LogP contribution < -0.4 is 5.73 Å². The molecule has 1 saturated heterocycles. The normalized spacial score (nSPS) is 21.0. The van der Waals surface area contributed by atoms with Gasteiger partial charge in [0.25, 0.3) is 5.91 Å². The number of hydrogen-bond donors (Lipinski definition) is 1. The van der Waals surface area contributed by atoms with Crippen LogP contribution >= 0.6 is 0 Å². The summed E-state index contributed by atoms with van der Waals surface area (Å²) in [7, 11) is 3.24. The molecule has 0 bridgehead atoms. The molecule has 1 aliphatic rings. The van der Waals surface area contributed by atoms with Gasteiger partial charge in [0.2, 0.25) is 0 Å². The summed E-state index contributed by atoms with van der Waals surface area (Å²) in [6.45, 7) is 1.29. The number of nitrogens with zero attached hydrogens (tertiary/aromatic N) is 2. The molecule has 1 aromatic heterocycles. The van der Waals surface area contributed by atoms with Crippen LogP contribution in [0.25, 0.3) is 0 Å². The highest BCUT2D eigenvalue weighted by Gasteiger charge is 2.35. The summed E-state index contributed by atoms with van der Waals surface area (Å²) in [5.41, 5.74) is 6.52. The fourth-order valence-electron chi connectivity index (χ4n) is 2.32. The summed E-state index contributed by atoms with van der Waals surface area (Å²) in [6, 6.07) is 1.72. The highest BCUT2D eigenvalue weighted by molar-refractivity contribution is 5.94. The maximum Gasteiger partial charge on any atom is 0.255 e. The Hall–Kier alpha value is -1.94. The molecule has 2 atom stereocenters. The first-order valence-corrected chi connectivity index (χ1v) is 6.68. The van der Waals surface area contributed by atoms with Crippen LogP contribution in [0.4, 0.5) is 0 Å². The average molecular weight is 289 g/mol. The summed E-state index contributed by atoms with van der Waals surface area (Å²) < 4.78 is 10.7. The molecule has 21 heavy (non-hydrogen) atoms. The van der Waals surface area contributed by atoms with Crippen LogP contribution in [0.5, 0.6) is 0 Å². The number of likely N-dealkylation sites (tertiary alicyclic amines) is 1. The minimum atomic E-state index is -0.105. The number of amides is 1. The lowest BCUT2D eigenvalue weighted by atomic mass is 10.2. The van der Waals surface area contributed by atoms with Crippen molar-refractivity contribution in [2.45, 2.75) is 12.2 Å². The summed E-state index contributed by atoms with van der Waals surface area (Å²) in [5.74, 6) is 5.52. The Morgan fingerprint density at radius 2 is 2.05 bits per heavy atom. The Morgan fingerprint density at radius 3 is 2.62 bits per heavy atom. The van der Waals surface area contributed by atoms with E-state index in [1.807, 2.05) is 0 Å². The molecular formula is C15H19N3O3. The zero-order valence-electron chi connectivity index (χ0n) is 12.2. The molecule has 2 unspecified atom stereocenters. The zero-order valence-corrected chi connectivity index (χ0v) is 12.2. The first-order chi connectivity index (χ1) is 10.2. The lowest BCUT2D eigenvalue weighted by Crippen LogP contribution is -2.30. The van der Waals surface area contributed by atoms with Crippen molar-refractivity contribution >= 4 is 5.91 Å². The molecule has 1 aliphatic heterocycles. The first kappa shape index (κ1) is 15.4. The van der Waals surface area contributed by atoms with Gasteiger partial charge in [-0.2, -0.15) is 0 Å². The fourth-order valence-corrected chi connectivity index (χ4v) is 2.32. The molecule has 1 amide bonds. The molecule has 0 saturated carbocycles. The van der Waals surface area contributed by atoms with Crippen LogP contribution in [0.1, 0.15) is 15.9 Å². The summed E-state index contributed by atoms with van der Waals surface area (Å²) in [5, 5.41) is 0. The van der Waals surface area contributed by atoms with E-state index >= 15 is 0 Å². The smallest absolute Gasteiger partial charge is 0.255 e. The monoisotopic (exact) mass is 289 g/mol. The molecule has 0 aromatic carbocycles. The predicted octanol–water partition coefficient (Wildman–Crippen LogP) is -0.122. The summed E-state index contributed by atoms with van der Waals surface area (Å²) >= 11 is 0. The molecule has 2 heterocycles. The second kappa shape index (κ2) is 7.18. The zero-order chi connectivity index (χ0) is 15.2. The van der Waals surface area contributed by atoms with Gasteiger partial charge in [0.05, 0.1) is 12.1 Å². The van der Waals surface area contributed by atoms with E-state index in [0.29, 0.717) is 24.2 Å². The molecule has 2 rings (SSSR count). The van der Waals surface area contributed by atoms with Crippen molar-refractivity contribution in [1.29, 1.82) is 0 Å². The van der Waals surface area contributed by atoms with Crippen molar-refractivity contribution < 1.29 is 14.3 Å². The minimum absolute atomic E-state index is 0.0968. The van der Waals surface area contributed by atoms with Gasteiger partial charge in [-0.15, -0.1) is 0 Å². The third kappa shape index (κ3) is 3.58. The number of carbonyl (C=O) groups excluding carboxylic acids is 1. The molecule has 2 N–H and O–H groups in total. The summed E-state index contributed by atoms with van der Waals surface area (Å²) in [6.07, 6.45) is 2.94. The van der Waals surface area contributed by atoms with Crippen LogP contribution in [-0.4, -0.2) is 61.9 Å². The fraction of sp³-hybridized carbons (Fsp3) is 0.467. The van der Waals surface area contributed by atoms with Gasteiger partial charge in [-0.1, -0.05) is 11.8 Å². The van der Waals surface area contributed by atoms with Gasteiger partial charge >= 0.3 is 0 Å². The SMILES string of the molecule is COC1CN(C(=O)c2cncc(C#CCN)c2)CC1OC. The molecule has 6 nitrogen and oxygen atoms in total. The van der Waals surface area contributed by atoms with E-state index in [9.17, 15) is 4.79 Å². The highest BCUT2D eigenvalue weighted by Crippen LogP contribution is 2.18. The predicted molar refractivity (Wildman–Crippen MR) is 77.7 cm³/mol. The number of aromatic nitrogens is 1. The van der Waals surface area contributed by atoms with E-state index < -0.39 is 0 Å². The van der Waals surface area contributed by atoms with Gasteiger partial charge in [0.1, 0.15) is 12.2 Å². The van der Waals surface area contributed by atoms with Gasteiger partial charge in [-0.05, 0) is 6.07 Å². The molecule has 1 fully saturated rings. The van der Waals surface area contributed by atoms with E-state index in [-0.39, 0.29) is 24.7 Å². The van der Waals surface area contributed by atoms with Crippen LogP contribution in [0.15, 0.2) is 18.5 Å². The lowest BCUT2D eigenvalue weighted by molar-refractivity contribution is -0.00461. The molecule has 1 aromatic rings. The van der Waals surface area contributed by atoms with Gasteiger partial charge in [0, 0.05) is 45.3 Å². The quantitative estimate of drug-likeness (QED) is 0.785. The van der Waals surface area contributed by atoms with Crippen LogP contribution in [0, 0.1) is 11.8 Å². The topological polar surface area (TPSA) is 77.7 Å². The molecule has 0 aliphatic carbocycles. The Labute approximate surface area is 124 Å². The van der Waals surface area contributed by atoms with E-state index in [0.717, 1.165) is 0 Å². The van der Waals surface area contributed by atoms with Crippen molar-refractivity contribution in [3.8, 4) is 11.8 Å². The van der Waals surface area contributed by atoms with Crippen LogP contribution in [0.3, 0.4) is 0 Å². The van der Waals surface area contributed by atoms with Crippen molar-refractivity contribution in [1.82, 2.24) is 9.88 Å². The molecule has 0 radical (unpaired) electrons.